The van der Waals surface area contributed by atoms with Crippen LogP contribution in [-0.4, -0.2) is 39.1 Å². The second-order valence-electron chi connectivity index (χ2n) is 3.52. The Balaban J connectivity index is 2.38. The Bertz CT molecular complexity index is 621. The first-order valence-corrected chi connectivity index (χ1v) is 5.18. The number of aliphatic carboxylic acids is 1. The molecule has 2 aromatic heterocycles. The number of fused-ring (bicyclic) bond motifs is 1. The van der Waals surface area contributed by atoms with Gasteiger partial charge in [0.2, 0.25) is 0 Å². The van der Waals surface area contributed by atoms with Crippen molar-refractivity contribution in [3.63, 3.8) is 0 Å². The summed E-state index contributed by atoms with van der Waals surface area (Å²) in [7, 11) is 0. The number of rotatable bonds is 4. The van der Waals surface area contributed by atoms with E-state index in [0.717, 1.165) is 0 Å². The van der Waals surface area contributed by atoms with E-state index in [0.29, 0.717) is 17.0 Å². The van der Waals surface area contributed by atoms with E-state index in [1.165, 1.54) is 11.1 Å². The number of anilines is 1. The van der Waals surface area contributed by atoms with E-state index in [4.69, 9.17) is 11.5 Å². The summed E-state index contributed by atoms with van der Waals surface area (Å²) in [6.45, 7) is -0.0337. The number of nitrogens with zero attached hydrogens (tertiary/aromatic N) is 4. The topological polar surface area (TPSA) is 79.2 Å². The van der Waals surface area contributed by atoms with Crippen LogP contribution in [0.3, 0.4) is 0 Å². The quantitative estimate of drug-likeness (QED) is 0.789. The largest absolute Gasteiger partial charge is 0.480 e. The van der Waals surface area contributed by atoms with Gasteiger partial charge in [0, 0.05) is 12.4 Å². The zero-order chi connectivity index (χ0) is 13.0. The Morgan fingerprint density at radius 1 is 1.39 bits per heavy atom. The molecule has 0 saturated carbocycles. The van der Waals surface area contributed by atoms with Crippen LogP contribution in [0.5, 0.6) is 0 Å². The standard InChI is InChI=1S/C12H10N4O2/c1-2-7-16(8-11(17)18)10-4-3-9-12(15-10)14-6-5-13-9/h1,3-6H,7-8H2,(H,17,18). The van der Waals surface area contributed by atoms with Crippen molar-refractivity contribution in [2.45, 2.75) is 0 Å². The summed E-state index contributed by atoms with van der Waals surface area (Å²) in [6.07, 6.45) is 8.31. The van der Waals surface area contributed by atoms with E-state index in [1.54, 1.807) is 18.3 Å². The minimum atomic E-state index is -0.966. The average Bonchev–Trinajstić information content (AvgIpc) is 2.37. The van der Waals surface area contributed by atoms with Crippen molar-refractivity contribution in [2.75, 3.05) is 18.0 Å². The average molecular weight is 242 g/mol. The van der Waals surface area contributed by atoms with Crippen LogP contribution in [-0.2, 0) is 4.79 Å². The van der Waals surface area contributed by atoms with Crippen LogP contribution < -0.4 is 4.90 Å². The third-order valence-corrected chi connectivity index (χ3v) is 2.25. The number of aromatic nitrogens is 3. The molecule has 6 heteroatoms. The number of terminal acetylenes is 1. The van der Waals surface area contributed by atoms with E-state index >= 15 is 0 Å². The van der Waals surface area contributed by atoms with E-state index in [9.17, 15) is 4.79 Å². The van der Waals surface area contributed by atoms with Crippen molar-refractivity contribution < 1.29 is 9.90 Å². The maximum absolute atomic E-state index is 10.8. The van der Waals surface area contributed by atoms with Crippen LogP contribution in [0.25, 0.3) is 11.2 Å². The highest BCUT2D eigenvalue weighted by Gasteiger charge is 2.11. The first-order chi connectivity index (χ1) is 8.70. The summed E-state index contributed by atoms with van der Waals surface area (Å²) in [4.78, 5) is 24.6. The normalized spacial score (nSPS) is 9.94. The Hall–Kier alpha value is -2.68. The Kier molecular flexibility index (Phi) is 3.34. The summed E-state index contributed by atoms with van der Waals surface area (Å²) >= 11 is 0. The van der Waals surface area contributed by atoms with Gasteiger partial charge in [-0.2, -0.15) is 0 Å². The van der Waals surface area contributed by atoms with Crippen molar-refractivity contribution in [3.8, 4) is 12.3 Å². The summed E-state index contributed by atoms with van der Waals surface area (Å²) < 4.78 is 0. The molecule has 0 fully saturated rings. The molecule has 0 aliphatic rings. The lowest BCUT2D eigenvalue weighted by atomic mass is 10.3. The molecule has 0 bridgehead atoms. The van der Waals surface area contributed by atoms with Gasteiger partial charge in [0.1, 0.15) is 17.9 Å². The molecular weight excluding hydrogens is 232 g/mol. The molecule has 0 unspecified atom stereocenters. The van der Waals surface area contributed by atoms with Crippen molar-refractivity contribution in [2.24, 2.45) is 0 Å². The number of hydrogen-bond acceptors (Lipinski definition) is 5. The number of carbonyl (C=O) groups is 1. The second kappa shape index (κ2) is 5.10. The van der Waals surface area contributed by atoms with Gasteiger partial charge in [0.05, 0.1) is 6.54 Å². The van der Waals surface area contributed by atoms with E-state index in [2.05, 4.69) is 20.9 Å². The molecule has 2 aromatic rings. The van der Waals surface area contributed by atoms with Crippen LogP contribution in [0.1, 0.15) is 0 Å². The highest BCUT2D eigenvalue weighted by molar-refractivity contribution is 5.76. The molecule has 6 nitrogen and oxygen atoms in total. The highest BCUT2D eigenvalue weighted by Crippen LogP contribution is 2.14. The molecule has 2 rings (SSSR count). The lowest BCUT2D eigenvalue weighted by Gasteiger charge is -2.18. The minimum Gasteiger partial charge on any atom is -0.480 e. The van der Waals surface area contributed by atoms with Gasteiger partial charge in [-0.25, -0.2) is 9.97 Å². The fourth-order valence-corrected chi connectivity index (χ4v) is 1.51. The smallest absolute Gasteiger partial charge is 0.323 e. The third-order valence-electron chi connectivity index (χ3n) is 2.25. The van der Waals surface area contributed by atoms with Gasteiger partial charge in [-0.05, 0) is 12.1 Å². The molecule has 0 radical (unpaired) electrons. The molecule has 0 amide bonds. The first-order valence-electron chi connectivity index (χ1n) is 5.18. The molecule has 0 saturated heterocycles. The van der Waals surface area contributed by atoms with Crippen LogP contribution >= 0.6 is 0 Å². The van der Waals surface area contributed by atoms with Crippen LogP contribution in [0.2, 0.25) is 0 Å². The van der Waals surface area contributed by atoms with Gasteiger partial charge in [-0.1, -0.05) is 5.92 Å². The molecule has 90 valence electrons. The predicted molar refractivity (Wildman–Crippen MR) is 66.0 cm³/mol. The third kappa shape index (κ3) is 2.52. The highest BCUT2D eigenvalue weighted by atomic mass is 16.4. The van der Waals surface area contributed by atoms with Crippen LogP contribution in [0, 0.1) is 12.3 Å². The van der Waals surface area contributed by atoms with Crippen molar-refractivity contribution in [1.82, 2.24) is 15.0 Å². The summed E-state index contributed by atoms with van der Waals surface area (Å²) in [5.74, 6) is 1.92. The van der Waals surface area contributed by atoms with E-state index in [-0.39, 0.29) is 13.1 Å². The SMILES string of the molecule is C#CCN(CC(=O)O)c1ccc2nccnc2n1. The van der Waals surface area contributed by atoms with Crippen LogP contribution in [0.15, 0.2) is 24.5 Å². The molecule has 0 spiro atoms. The zero-order valence-corrected chi connectivity index (χ0v) is 9.45. The van der Waals surface area contributed by atoms with Gasteiger partial charge < -0.3 is 10.0 Å². The lowest BCUT2D eigenvalue weighted by Crippen LogP contribution is -2.30. The van der Waals surface area contributed by atoms with Gasteiger partial charge in [0.15, 0.2) is 5.65 Å². The van der Waals surface area contributed by atoms with E-state index in [1.807, 2.05) is 0 Å². The Morgan fingerprint density at radius 2 is 2.17 bits per heavy atom. The maximum atomic E-state index is 10.8. The van der Waals surface area contributed by atoms with Gasteiger partial charge in [-0.3, -0.25) is 9.78 Å². The first kappa shape index (κ1) is 11.8. The zero-order valence-electron chi connectivity index (χ0n) is 9.45. The molecule has 1 N–H and O–H groups in total. The van der Waals surface area contributed by atoms with Crippen molar-refractivity contribution in [1.29, 1.82) is 0 Å². The lowest BCUT2D eigenvalue weighted by molar-refractivity contribution is -0.135. The summed E-state index contributed by atoms with van der Waals surface area (Å²) in [5.41, 5.74) is 1.11. The second-order valence-corrected chi connectivity index (χ2v) is 3.52. The maximum Gasteiger partial charge on any atom is 0.323 e. The van der Waals surface area contributed by atoms with Crippen molar-refractivity contribution >= 4 is 23.0 Å². The predicted octanol–water partition coefficient (Wildman–Crippen LogP) is 0.549. The van der Waals surface area contributed by atoms with E-state index < -0.39 is 5.97 Å². The number of carboxylic acids is 1. The van der Waals surface area contributed by atoms with Crippen LogP contribution in [0.4, 0.5) is 5.82 Å². The molecule has 0 aliphatic carbocycles. The van der Waals surface area contributed by atoms with Gasteiger partial charge >= 0.3 is 5.97 Å². The fourth-order valence-electron chi connectivity index (χ4n) is 1.51. The number of pyridine rings is 1. The molecule has 2 heterocycles. The summed E-state index contributed by atoms with van der Waals surface area (Å²) in [6, 6.07) is 3.41. The minimum absolute atomic E-state index is 0.172. The number of hydrogen-bond donors (Lipinski definition) is 1. The Morgan fingerprint density at radius 3 is 2.89 bits per heavy atom. The molecule has 18 heavy (non-hydrogen) atoms. The molecule has 0 aliphatic heterocycles. The van der Waals surface area contributed by atoms with Crippen molar-refractivity contribution in [3.05, 3.63) is 24.5 Å². The Labute approximate surface area is 103 Å². The summed E-state index contributed by atoms with van der Waals surface area (Å²) in [5, 5.41) is 8.82. The molecule has 0 aromatic carbocycles. The number of carboxylic acid groups (broad SMARTS) is 1. The molecule has 0 atom stereocenters. The van der Waals surface area contributed by atoms with Gasteiger partial charge in [0.25, 0.3) is 0 Å². The van der Waals surface area contributed by atoms with Gasteiger partial charge in [-0.15, -0.1) is 6.42 Å². The molecular formula is C12H10N4O2. The fraction of sp³-hybridized carbons (Fsp3) is 0.167. The monoisotopic (exact) mass is 242 g/mol.